The second-order valence-electron chi connectivity index (χ2n) is 4.74. The molecule has 0 spiro atoms. The van der Waals surface area contributed by atoms with Crippen LogP contribution < -0.4 is 0 Å². The maximum absolute atomic E-state index is 13.5. The van der Waals surface area contributed by atoms with Crippen molar-refractivity contribution in [2.24, 2.45) is 0 Å². The van der Waals surface area contributed by atoms with E-state index in [9.17, 15) is 13.6 Å². The molecule has 2 aromatic carbocycles. The molecular weight excluding hydrogens is 274 g/mol. The molecule has 2 aromatic rings. The van der Waals surface area contributed by atoms with Gasteiger partial charge in [0.15, 0.2) is 5.78 Å². The van der Waals surface area contributed by atoms with E-state index in [4.69, 9.17) is 4.74 Å². The number of ketones is 1. The van der Waals surface area contributed by atoms with E-state index in [0.717, 1.165) is 17.7 Å². The molecule has 0 fully saturated rings. The average molecular weight is 290 g/mol. The molecule has 2 rings (SSSR count). The van der Waals surface area contributed by atoms with Crippen molar-refractivity contribution >= 4 is 5.78 Å². The van der Waals surface area contributed by atoms with Gasteiger partial charge in [-0.3, -0.25) is 4.79 Å². The van der Waals surface area contributed by atoms with Gasteiger partial charge in [0.25, 0.3) is 0 Å². The molecule has 0 aromatic heterocycles. The molecule has 21 heavy (non-hydrogen) atoms. The normalized spacial score (nSPS) is 12.1. The number of halogens is 2. The Morgan fingerprint density at radius 2 is 1.86 bits per heavy atom. The predicted molar refractivity (Wildman–Crippen MR) is 76.2 cm³/mol. The molecule has 1 atom stereocenters. The summed E-state index contributed by atoms with van der Waals surface area (Å²) < 4.78 is 31.8. The first kappa shape index (κ1) is 15.3. The van der Waals surface area contributed by atoms with Crippen molar-refractivity contribution in [3.63, 3.8) is 0 Å². The maximum atomic E-state index is 13.5. The van der Waals surface area contributed by atoms with Crippen molar-refractivity contribution in [1.82, 2.24) is 0 Å². The Hall–Kier alpha value is -2.07. The number of rotatable bonds is 6. The van der Waals surface area contributed by atoms with Crippen molar-refractivity contribution in [1.29, 1.82) is 0 Å². The molecule has 0 heterocycles. The molecule has 0 saturated carbocycles. The van der Waals surface area contributed by atoms with Crippen LogP contribution in [0.3, 0.4) is 0 Å². The van der Waals surface area contributed by atoms with Gasteiger partial charge in [-0.1, -0.05) is 30.3 Å². The fourth-order valence-corrected chi connectivity index (χ4v) is 1.98. The van der Waals surface area contributed by atoms with Gasteiger partial charge in [0.1, 0.15) is 17.7 Å². The average Bonchev–Trinajstić information content (AvgIpc) is 2.47. The SMILES string of the molecule is CC(OCCc1ccccc1)C(=O)c1ccc(F)cc1F. The minimum atomic E-state index is -0.862. The van der Waals surface area contributed by atoms with Gasteiger partial charge < -0.3 is 4.74 Å². The Balaban J connectivity index is 1.90. The van der Waals surface area contributed by atoms with E-state index in [0.29, 0.717) is 19.1 Å². The monoisotopic (exact) mass is 290 g/mol. The van der Waals surface area contributed by atoms with Crippen LogP contribution in [0.25, 0.3) is 0 Å². The van der Waals surface area contributed by atoms with Crippen LogP contribution in [0.15, 0.2) is 48.5 Å². The van der Waals surface area contributed by atoms with Crippen molar-refractivity contribution in [3.05, 3.63) is 71.3 Å². The molecule has 0 N–H and O–H groups in total. The lowest BCUT2D eigenvalue weighted by molar-refractivity contribution is 0.0483. The highest BCUT2D eigenvalue weighted by molar-refractivity contribution is 5.99. The van der Waals surface area contributed by atoms with Crippen LogP contribution in [-0.2, 0) is 11.2 Å². The Labute approximate surface area is 122 Å². The second kappa shape index (κ2) is 7.09. The molecule has 4 heteroatoms. The molecule has 110 valence electrons. The molecule has 0 amide bonds. The summed E-state index contributed by atoms with van der Waals surface area (Å²) in [7, 11) is 0. The minimum Gasteiger partial charge on any atom is -0.370 e. The highest BCUT2D eigenvalue weighted by atomic mass is 19.1. The first-order chi connectivity index (χ1) is 10.1. The summed E-state index contributed by atoms with van der Waals surface area (Å²) in [6.07, 6.45) is -0.0988. The molecule has 2 nitrogen and oxygen atoms in total. The van der Waals surface area contributed by atoms with E-state index in [2.05, 4.69) is 0 Å². The largest absolute Gasteiger partial charge is 0.370 e. The summed E-state index contributed by atoms with van der Waals surface area (Å²) in [5, 5.41) is 0. The van der Waals surface area contributed by atoms with E-state index in [1.807, 2.05) is 30.3 Å². The van der Waals surface area contributed by atoms with Crippen molar-refractivity contribution < 1.29 is 18.3 Å². The number of hydrogen-bond donors (Lipinski definition) is 0. The zero-order valence-corrected chi connectivity index (χ0v) is 11.7. The summed E-state index contributed by atoms with van der Waals surface area (Å²) >= 11 is 0. The fraction of sp³-hybridized carbons (Fsp3) is 0.235. The van der Waals surface area contributed by atoms with Crippen molar-refractivity contribution in [3.8, 4) is 0 Å². The predicted octanol–water partition coefficient (Wildman–Crippen LogP) is 3.80. The van der Waals surface area contributed by atoms with Crippen LogP contribution in [0.5, 0.6) is 0 Å². The van der Waals surface area contributed by atoms with Crippen LogP contribution in [0.2, 0.25) is 0 Å². The molecule has 0 aliphatic rings. The number of Topliss-reactive ketones (excluding diaryl/α,β-unsaturated/α-hetero) is 1. The highest BCUT2D eigenvalue weighted by Crippen LogP contribution is 2.13. The number of hydrogen-bond acceptors (Lipinski definition) is 2. The highest BCUT2D eigenvalue weighted by Gasteiger charge is 2.19. The minimum absolute atomic E-state index is 0.149. The molecule has 0 aliphatic carbocycles. The van der Waals surface area contributed by atoms with Gasteiger partial charge in [-0.05, 0) is 31.0 Å². The van der Waals surface area contributed by atoms with Gasteiger partial charge in [0, 0.05) is 6.07 Å². The third-order valence-electron chi connectivity index (χ3n) is 3.17. The summed E-state index contributed by atoms with van der Waals surface area (Å²) in [5.41, 5.74) is 0.953. The van der Waals surface area contributed by atoms with E-state index >= 15 is 0 Å². The standard InChI is InChI=1S/C17H16F2O2/c1-12(21-10-9-13-5-3-2-4-6-13)17(20)15-8-7-14(18)11-16(15)19/h2-8,11-12H,9-10H2,1H3. The van der Waals surface area contributed by atoms with E-state index in [-0.39, 0.29) is 5.56 Å². The molecular formula is C17H16F2O2. The van der Waals surface area contributed by atoms with Crippen molar-refractivity contribution in [2.75, 3.05) is 6.61 Å². The number of benzene rings is 2. The smallest absolute Gasteiger partial charge is 0.194 e. The molecule has 0 bridgehead atoms. The maximum Gasteiger partial charge on any atom is 0.194 e. The van der Waals surface area contributed by atoms with Gasteiger partial charge in [-0.2, -0.15) is 0 Å². The van der Waals surface area contributed by atoms with E-state index in [1.54, 1.807) is 6.92 Å². The Morgan fingerprint density at radius 1 is 1.14 bits per heavy atom. The van der Waals surface area contributed by atoms with Crippen LogP contribution in [0.1, 0.15) is 22.8 Å². The van der Waals surface area contributed by atoms with Crippen LogP contribution >= 0.6 is 0 Å². The summed E-state index contributed by atoms with van der Waals surface area (Å²) in [6, 6.07) is 12.6. The first-order valence-corrected chi connectivity index (χ1v) is 6.72. The second-order valence-corrected chi connectivity index (χ2v) is 4.74. The van der Waals surface area contributed by atoms with Gasteiger partial charge in [-0.25, -0.2) is 8.78 Å². The third-order valence-corrected chi connectivity index (χ3v) is 3.17. The third kappa shape index (κ3) is 4.20. The lowest BCUT2D eigenvalue weighted by Crippen LogP contribution is -2.23. The Bertz CT molecular complexity index is 611. The topological polar surface area (TPSA) is 26.3 Å². The van der Waals surface area contributed by atoms with Crippen LogP contribution in [-0.4, -0.2) is 18.5 Å². The zero-order chi connectivity index (χ0) is 15.2. The Morgan fingerprint density at radius 3 is 2.52 bits per heavy atom. The fourth-order valence-electron chi connectivity index (χ4n) is 1.98. The first-order valence-electron chi connectivity index (χ1n) is 6.72. The quantitative estimate of drug-likeness (QED) is 0.756. The number of carbonyl (C=O) groups is 1. The van der Waals surface area contributed by atoms with Gasteiger partial charge in [0.2, 0.25) is 0 Å². The Kier molecular flexibility index (Phi) is 5.17. The van der Waals surface area contributed by atoms with E-state index < -0.39 is 23.5 Å². The molecule has 0 aliphatic heterocycles. The van der Waals surface area contributed by atoms with Gasteiger partial charge in [-0.15, -0.1) is 0 Å². The van der Waals surface area contributed by atoms with Crippen LogP contribution in [0, 0.1) is 11.6 Å². The van der Waals surface area contributed by atoms with Gasteiger partial charge in [0.05, 0.1) is 12.2 Å². The summed E-state index contributed by atoms with van der Waals surface area (Å²) in [5.74, 6) is -2.05. The molecule has 0 saturated heterocycles. The molecule has 1 unspecified atom stereocenters. The summed E-state index contributed by atoms with van der Waals surface area (Å²) in [6.45, 7) is 1.93. The number of ether oxygens (including phenoxy) is 1. The molecule has 0 radical (unpaired) electrons. The number of carbonyl (C=O) groups excluding carboxylic acids is 1. The van der Waals surface area contributed by atoms with Crippen molar-refractivity contribution in [2.45, 2.75) is 19.4 Å². The lowest BCUT2D eigenvalue weighted by Gasteiger charge is -2.12. The lowest BCUT2D eigenvalue weighted by atomic mass is 10.1. The van der Waals surface area contributed by atoms with E-state index in [1.165, 1.54) is 0 Å². The van der Waals surface area contributed by atoms with Gasteiger partial charge >= 0.3 is 0 Å². The zero-order valence-electron chi connectivity index (χ0n) is 11.7. The van der Waals surface area contributed by atoms with Crippen LogP contribution in [0.4, 0.5) is 8.78 Å². The summed E-state index contributed by atoms with van der Waals surface area (Å²) in [4.78, 5) is 12.0.